The van der Waals surface area contributed by atoms with Crippen LogP contribution in [0, 0.1) is 0 Å². The van der Waals surface area contributed by atoms with Gasteiger partial charge in [-0.1, -0.05) is 30.0 Å². The minimum atomic E-state index is -0.908. The topological polar surface area (TPSA) is 76.2 Å². The van der Waals surface area contributed by atoms with Gasteiger partial charge in [0.25, 0.3) is 5.22 Å². The van der Waals surface area contributed by atoms with Gasteiger partial charge in [-0.2, -0.15) is 0 Å². The number of hydrogen-bond donors (Lipinski definition) is 1. The Morgan fingerprint density at radius 2 is 2.06 bits per heavy atom. The normalized spacial score (nSPS) is 12.3. The molecule has 1 heterocycles. The first-order valence-electron chi connectivity index (χ1n) is 4.95. The highest BCUT2D eigenvalue weighted by molar-refractivity contribution is 8.00. The second kappa shape index (κ2) is 5.01. The zero-order chi connectivity index (χ0) is 12.3. The summed E-state index contributed by atoms with van der Waals surface area (Å²) in [4.78, 5) is 10.7. The summed E-state index contributed by atoms with van der Waals surface area (Å²) in [6, 6.07) is 9.33. The molecule has 5 nitrogen and oxygen atoms in total. The average molecular weight is 250 g/mol. The zero-order valence-corrected chi connectivity index (χ0v) is 9.85. The fourth-order valence-electron chi connectivity index (χ4n) is 1.16. The highest BCUT2D eigenvalue weighted by atomic mass is 32.2. The minimum absolute atomic E-state index is 0.263. The van der Waals surface area contributed by atoms with Crippen molar-refractivity contribution in [3.63, 3.8) is 0 Å². The summed E-state index contributed by atoms with van der Waals surface area (Å²) in [5.74, 6) is -0.514. The van der Waals surface area contributed by atoms with Crippen LogP contribution in [-0.2, 0) is 4.79 Å². The van der Waals surface area contributed by atoms with Gasteiger partial charge < -0.3 is 9.52 Å². The Balaban J connectivity index is 2.14. The van der Waals surface area contributed by atoms with E-state index < -0.39 is 11.2 Å². The van der Waals surface area contributed by atoms with Crippen LogP contribution in [0.15, 0.2) is 40.0 Å². The van der Waals surface area contributed by atoms with Gasteiger partial charge in [0.2, 0.25) is 5.89 Å². The number of carboxylic acids is 1. The van der Waals surface area contributed by atoms with E-state index in [1.165, 1.54) is 0 Å². The highest BCUT2D eigenvalue weighted by Gasteiger charge is 2.17. The van der Waals surface area contributed by atoms with Crippen LogP contribution in [0.3, 0.4) is 0 Å². The third kappa shape index (κ3) is 2.85. The molecule has 0 unspecified atom stereocenters. The number of aliphatic carboxylic acids is 1. The summed E-state index contributed by atoms with van der Waals surface area (Å²) in [6.45, 7) is 1.57. The molecule has 1 aromatic carbocycles. The predicted octanol–water partition coefficient (Wildman–Crippen LogP) is 2.30. The standard InChI is InChI=1S/C11H10N2O3S/c1-7(10(14)15)17-11-13-12-9(16-11)8-5-3-2-4-6-8/h2-7H,1H3,(H,14,15)/t7-/m1/s1. The van der Waals surface area contributed by atoms with Crippen molar-refractivity contribution in [2.45, 2.75) is 17.4 Å². The van der Waals surface area contributed by atoms with Crippen LogP contribution < -0.4 is 0 Å². The van der Waals surface area contributed by atoms with Crippen LogP contribution in [0.4, 0.5) is 0 Å². The summed E-state index contributed by atoms with van der Waals surface area (Å²) < 4.78 is 5.37. The predicted molar refractivity (Wildman–Crippen MR) is 62.7 cm³/mol. The number of nitrogens with zero attached hydrogens (tertiary/aromatic N) is 2. The number of carboxylic acid groups (broad SMARTS) is 1. The molecular weight excluding hydrogens is 240 g/mol. The van der Waals surface area contributed by atoms with Crippen molar-refractivity contribution in [1.29, 1.82) is 0 Å². The molecular formula is C11H10N2O3S. The SMILES string of the molecule is C[C@@H](Sc1nnc(-c2ccccc2)o1)C(=O)O. The van der Waals surface area contributed by atoms with E-state index in [1.807, 2.05) is 30.3 Å². The number of aromatic nitrogens is 2. The maximum atomic E-state index is 10.7. The highest BCUT2D eigenvalue weighted by Crippen LogP contribution is 2.25. The molecule has 1 N–H and O–H groups in total. The van der Waals surface area contributed by atoms with Gasteiger partial charge in [0, 0.05) is 5.56 Å². The number of rotatable bonds is 4. The number of hydrogen-bond acceptors (Lipinski definition) is 5. The Kier molecular flexibility index (Phi) is 3.43. The molecule has 1 aromatic heterocycles. The zero-order valence-electron chi connectivity index (χ0n) is 9.03. The van der Waals surface area contributed by atoms with Crippen molar-refractivity contribution in [3.8, 4) is 11.5 Å². The van der Waals surface area contributed by atoms with Gasteiger partial charge in [0.1, 0.15) is 5.25 Å². The molecule has 17 heavy (non-hydrogen) atoms. The Morgan fingerprint density at radius 3 is 2.71 bits per heavy atom. The molecule has 0 fully saturated rings. The Hall–Kier alpha value is -1.82. The minimum Gasteiger partial charge on any atom is -0.480 e. The van der Waals surface area contributed by atoms with Crippen LogP contribution in [0.5, 0.6) is 0 Å². The first kappa shape index (κ1) is 11.7. The fraction of sp³-hybridized carbons (Fsp3) is 0.182. The van der Waals surface area contributed by atoms with Crippen molar-refractivity contribution >= 4 is 17.7 Å². The monoisotopic (exact) mass is 250 g/mol. The lowest BCUT2D eigenvalue weighted by Crippen LogP contribution is -2.10. The van der Waals surface area contributed by atoms with Crippen molar-refractivity contribution in [2.75, 3.05) is 0 Å². The van der Waals surface area contributed by atoms with Gasteiger partial charge in [-0.3, -0.25) is 4.79 Å². The van der Waals surface area contributed by atoms with E-state index in [1.54, 1.807) is 6.92 Å². The smallest absolute Gasteiger partial charge is 0.316 e. The molecule has 0 saturated carbocycles. The molecule has 0 spiro atoms. The van der Waals surface area contributed by atoms with E-state index in [9.17, 15) is 4.79 Å². The van der Waals surface area contributed by atoms with Gasteiger partial charge in [0.15, 0.2) is 0 Å². The number of carbonyl (C=O) groups is 1. The van der Waals surface area contributed by atoms with Crippen LogP contribution in [0.2, 0.25) is 0 Å². The van der Waals surface area contributed by atoms with Crippen molar-refractivity contribution < 1.29 is 14.3 Å². The molecule has 0 radical (unpaired) electrons. The van der Waals surface area contributed by atoms with E-state index in [2.05, 4.69) is 10.2 Å². The van der Waals surface area contributed by atoms with Crippen LogP contribution in [0.25, 0.3) is 11.5 Å². The van der Waals surface area contributed by atoms with Gasteiger partial charge in [-0.25, -0.2) is 0 Å². The summed E-state index contributed by atoms with van der Waals surface area (Å²) in [6.07, 6.45) is 0. The maximum absolute atomic E-state index is 10.7. The molecule has 2 rings (SSSR count). The number of thioether (sulfide) groups is 1. The van der Waals surface area contributed by atoms with Crippen LogP contribution in [-0.4, -0.2) is 26.5 Å². The molecule has 0 saturated heterocycles. The summed E-state index contributed by atoms with van der Waals surface area (Å²) >= 11 is 1.03. The van der Waals surface area contributed by atoms with E-state index in [0.29, 0.717) is 5.89 Å². The quantitative estimate of drug-likeness (QED) is 0.839. The summed E-state index contributed by atoms with van der Waals surface area (Å²) in [7, 11) is 0. The molecule has 6 heteroatoms. The van der Waals surface area contributed by atoms with E-state index in [4.69, 9.17) is 9.52 Å². The van der Waals surface area contributed by atoms with Crippen LogP contribution in [0.1, 0.15) is 6.92 Å². The van der Waals surface area contributed by atoms with Crippen molar-refractivity contribution in [3.05, 3.63) is 30.3 Å². The second-order valence-electron chi connectivity index (χ2n) is 3.34. The van der Waals surface area contributed by atoms with Crippen molar-refractivity contribution in [1.82, 2.24) is 10.2 Å². The molecule has 1 atom stereocenters. The Labute approximate surface area is 102 Å². The first-order chi connectivity index (χ1) is 8.16. The maximum Gasteiger partial charge on any atom is 0.316 e. The van der Waals surface area contributed by atoms with E-state index in [0.717, 1.165) is 17.3 Å². The van der Waals surface area contributed by atoms with Gasteiger partial charge in [0.05, 0.1) is 0 Å². The molecule has 0 amide bonds. The first-order valence-corrected chi connectivity index (χ1v) is 5.83. The van der Waals surface area contributed by atoms with Gasteiger partial charge in [-0.05, 0) is 19.1 Å². The van der Waals surface area contributed by atoms with Crippen molar-refractivity contribution in [2.24, 2.45) is 0 Å². The second-order valence-corrected chi connectivity index (χ2v) is 4.63. The molecule has 0 bridgehead atoms. The Morgan fingerprint density at radius 1 is 1.35 bits per heavy atom. The van der Waals surface area contributed by atoms with E-state index >= 15 is 0 Å². The van der Waals surface area contributed by atoms with E-state index in [-0.39, 0.29) is 5.22 Å². The lowest BCUT2D eigenvalue weighted by Gasteiger charge is -1.99. The third-order valence-corrected chi connectivity index (χ3v) is 2.97. The summed E-state index contributed by atoms with van der Waals surface area (Å²) in [5.41, 5.74) is 0.815. The van der Waals surface area contributed by atoms with Crippen LogP contribution >= 0.6 is 11.8 Å². The number of benzene rings is 1. The van der Waals surface area contributed by atoms with Gasteiger partial charge >= 0.3 is 5.97 Å². The van der Waals surface area contributed by atoms with Gasteiger partial charge in [-0.15, -0.1) is 10.2 Å². The fourth-order valence-corrected chi connectivity index (χ4v) is 1.77. The Bertz CT molecular complexity index is 512. The third-order valence-electron chi connectivity index (χ3n) is 2.05. The molecule has 0 aliphatic heterocycles. The lowest BCUT2D eigenvalue weighted by atomic mass is 10.2. The average Bonchev–Trinajstić information content (AvgIpc) is 2.78. The molecule has 0 aliphatic rings. The molecule has 0 aliphatic carbocycles. The largest absolute Gasteiger partial charge is 0.480 e. The summed E-state index contributed by atoms with van der Waals surface area (Å²) in [5, 5.41) is 16.1. The molecule has 2 aromatic rings. The molecule has 88 valence electrons. The lowest BCUT2D eigenvalue weighted by molar-refractivity contribution is -0.136.